The average Bonchev–Trinajstić information content (AvgIpc) is 2.25. The summed E-state index contributed by atoms with van der Waals surface area (Å²) in [5.41, 5.74) is -1.66. The van der Waals surface area contributed by atoms with E-state index in [0.29, 0.717) is 6.42 Å². The van der Waals surface area contributed by atoms with Crippen molar-refractivity contribution >= 4 is 0 Å². The third-order valence-corrected chi connectivity index (χ3v) is 2.80. The van der Waals surface area contributed by atoms with Gasteiger partial charge in [-0.25, -0.2) is 0 Å². The first-order chi connectivity index (χ1) is 7.48. The van der Waals surface area contributed by atoms with E-state index in [1.165, 1.54) is 19.2 Å². The number of halogens is 3. The Morgan fingerprint density at radius 3 is 2.06 bits per heavy atom. The standard InChI is InChI=1S/C12H16F3N/c1-3-9-11(16-2,12(13,14)15)10-7-5-4-6-8-10/h4-8,16H,3,9H2,1-2H3. The smallest absolute Gasteiger partial charge is 0.303 e. The van der Waals surface area contributed by atoms with Crippen LogP contribution in [0.25, 0.3) is 0 Å². The molecule has 4 heteroatoms. The molecule has 0 aromatic heterocycles. The lowest BCUT2D eigenvalue weighted by Crippen LogP contribution is -2.52. The summed E-state index contributed by atoms with van der Waals surface area (Å²) in [6.45, 7) is 1.75. The van der Waals surface area contributed by atoms with Gasteiger partial charge in [0.1, 0.15) is 5.54 Å². The van der Waals surface area contributed by atoms with Crippen molar-refractivity contribution in [3.63, 3.8) is 0 Å². The predicted octanol–water partition coefficient (Wildman–Crippen LogP) is 3.46. The summed E-state index contributed by atoms with van der Waals surface area (Å²) in [7, 11) is 1.36. The van der Waals surface area contributed by atoms with Crippen LogP contribution in [0.2, 0.25) is 0 Å². The van der Waals surface area contributed by atoms with Crippen molar-refractivity contribution in [2.24, 2.45) is 0 Å². The number of benzene rings is 1. The number of alkyl halides is 3. The summed E-state index contributed by atoms with van der Waals surface area (Å²) in [6, 6.07) is 8.00. The van der Waals surface area contributed by atoms with Gasteiger partial charge in [-0.3, -0.25) is 0 Å². The molecule has 16 heavy (non-hydrogen) atoms. The molecule has 1 N–H and O–H groups in total. The van der Waals surface area contributed by atoms with Gasteiger partial charge < -0.3 is 5.32 Å². The van der Waals surface area contributed by atoms with E-state index in [2.05, 4.69) is 5.32 Å². The molecule has 1 aromatic rings. The quantitative estimate of drug-likeness (QED) is 0.836. The lowest BCUT2D eigenvalue weighted by Gasteiger charge is -2.36. The molecular formula is C12H16F3N. The maximum absolute atomic E-state index is 13.2. The fraction of sp³-hybridized carbons (Fsp3) is 0.500. The highest BCUT2D eigenvalue weighted by Gasteiger charge is 2.54. The van der Waals surface area contributed by atoms with Gasteiger partial charge in [0.15, 0.2) is 0 Å². The van der Waals surface area contributed by atoms with E-state index in [4.69, 9.17) is 0 Å². The van der Waals surface area contributed by atoms with Crippen LogP contribution in [0.1, 0.15) is 25.3 Å². The first kappa shape index (κ1) is 13.0. The van der Waals surface area contributed by atoms with Gasteiger partial charge in [0.25, 0.3) is 0 Å². The van der Waals surface area contributed by atoms with Crippen LogP contribution in [-0.4, -0.2) is 13.2 Å². The maximum atomic E-state index is 13.2. The fourth-order valence-corrected chi connectivity index (χ4v) is 1.96. The van der Waals surface area contributed by atoms with Gasteiger partial charge in [0.05, 0.1) is 0 Å². The first-order valence-electron chi connectivity index (χ1n) is 5.29. The third-order valence-electron chi connectivity index (χ3n) is 2.80. The van der Waals surface area contributed by atoms with Gasteiger partial charge in [-0.2, -0.15) is 13.2 Å². The number of hydrogen-bond acceptors (Lipinski definition) is 1. The molecule has 0 aliphatic carbocycles. The van der Waals surface area contributed by atoms with Crippen LogP contribution < -0.4 is 5.32 Å². The molecule has 0 saturated heterocycles. The first-order valence-corrected chi connectivity index (χ1v) is 5.29. The Morgan fingerprint density at radius 2 is 1.69 bits per heavy atom. The Balaban J connectivity index is 3.23. The molecule has 0 aliphatic rings. The van der Waals surface area contributed by atoms with E-state index in [1.807, 2.05) is 0 Å². The minimum absolute atomic E-state index is 0.0387. The van der Waals surface area contributed by atoms with E-state index >= 15 is 0 Å². The molecule has 90 valence electrons. The van der Waals surface area contributed by atoms with E-state index in [-0.39, 0.29) is 12.0 Å². The van der Waals surface area contributed by atoms with E-state index in [0.717, 1.165) is 0 Å². The zero-order valence-corrected chi connectivity index (χ0v) is 9.43. The van der Waals surface area contributed by atoms with Crippen molar-refractivity contribution in [1.29, 1.82) is 0 Å². The van der Waals surface area contributed by atoms with Crippen molar-refractivity contribution in [3.05, 3.63) is 35.9 Å². The molecule has 1 atom stereocenters. The van der Waals surface area contributed by atoms with E-state index < -0.39 is 11.7 Å². The molecule has 1 aromatic carbocycles. The van der Waals surface area contributed by atoms with E-state index in [9.17, 15) is 13.2 Å². The Labute approximate surface area is 93.7 Å². The van der Waals surface area contributed by atoms with Crippen LogP contribution in [0.3, 0.4) is 0 Å². The van der Waals surface area contributed by atoms with Gasteiger partial charge in [-0.15, -0.1) is 0 Å². The Hall–Kier alpha value is -1.03. The monoisotopic (exact) mass is 231 g/mol. The van der Waals surface area contributed by atoms with Gasteiger partial charge in [-0.1, -0.05) is 43.7 Å². The van der Waals surface area contributed by atoms with Gasteiger partial charge in [0, 0.05) is 0 Å². The molecule has 0 fully saturated rings. The lowest BCUT2D eigenvalue weighted by molar-refractivity contribution is -0.202. The van der Waals surface area contributed by atoms with Crippen LogP contribution in [0.5, 0.6) is 0 Å². The molecule has 0 aliphatic heterocycles. The second-order valence-electron chi connectivity index (χ2n) is 3.77. The van der Waals surface area contributed by atoms with Crippen LogP contribution in [0.15, 0.2) is 30.3 Å². The molecule has 0 heterocycles. The average molecular weight is 231 g/mol. The molecule has 1 nitrogen and oxygen atoms in total. The Bertz CT molecular complexity index is 321. The molecule has 0 amide bonds. The van der Waals surface area contributed by atoms with Gasteiger partial charge in [-0.05, 0) is 19.0 Å². The summed E-state index contributed by atoms with van der Waals surface area (Å²) in [4.78, 5) is 0. The zero-order valence-electron chi connectivity index (χ0n) is 9.43. The van der Waals surface area contributed by atoms with Crippen molar-refractivity contribution in [2.45, 2.75) is 31.5 Å². The summed E-state index contributed by atoms with van der Waals surface area (Å²) in [5.74, 6) is 0. The number of nitrogens with one attached hydrogen (secondary N) is 1. The van der Waals surface area contributed by atoms with Crippen molar-refractivity contribution in [3.8, 4) is 0 Å². The zero-order chi connectivity index (χ0) is 12.2. The number of rotatable bonds is 4. The molecule has 0 saturated carbocycles. The van der Waals surface area contributed by atoms with Crippen LogP contribution in [-0.2, 0) is 5.54 Å². The predicted molar refractivity (Wildman–Crippen MR) is 58.1 cm³/mol. The Kier molecular flexibility index (Phi) is 3.97. The minimum atomic E-state index is -4.29. The second-order valence-corrected chi connectivity index (χ2v) is 3.77. The topological polar surface area (TPSA) is 12.0 Å². The summed E-state index contributed by atoms with van der Waals surface area (Å²) >= 11 is 0. The van der Waals surface area contributed by atoms with Crippen LogP contribution >= 0.6 is 0 Å². The largest absolute Gasteiger partial charge is 0.410 e. The number of hydrogen-bond donors (Lipinski definition) is 1. The minimum Gasteiger partial charge on any atom is -0.303 e. The fourth-order valence-electron chi connectivity index (χ4n) is 1.96. The molecule has 1 rings (SSSR count). The highest BCUT2D eigenvalue weighted by molar-refractivity contribution is 5.26. The highest BCUT2D eigenvalue weighted by Crippen LogP contribution is 2.41. The van der Waals surface area contributed by atoms with Crippen molar-refractivity contribution in [1.82, 2.24) is 5.32 Å². The van der Waals surface area contributed by atoms with E-state index in [1.54, 1.807) is 25.1 Å². The van der Waals surface area contributed by atoms with Gasteiger partial charge in [0.2, 0.25) is 0 Å². The van der Waals surface area contributed by atoms with Crippen LogP contribution in [0.4, 0.5) is 13.2 Å². The van der Waals surface area contributed by atoms with Crippen LogP contribution in [0, 0.1) is 0 Å². The summed E-state index contributed by atoms with van der Waals surface area (Å²) in [5, 5.41) is 2.45. The third kappa shape index (κ3) is 2.21. The molecular weight excluding hydrogens is 215 g/mol. The highest BCUT2D eigenvalue weighted by atomic mass is 19.4. The van der Waals surface area contributed by atoms with Crippen molar-refractivity contribution in [2.75, 3.05) is 7.05 Å². The summed E-state index contributed by atoms with van der Waals surface area (Å²) in [6.07, 6.45) is -3.79. The second kappa shape index (κ2) is 4.87. The molecule has 0 radical (unpaired) electrons. The molecule has 0 spiro atoms. The summed E-state index contributed by atoms with van der Waals surface area (Å²) < 4.78 is 39.6. The molecule has 1 unspecified atom stereocenters. The lowest BCUT2D eigenvalue weighted by atomic mass is 9.85. The van der Waals surface area contributed by atoms with Gasteiger partial charge >= 0.3 is 6.18 Å². The maximum Gasteiger partial charge on any atom is 0.410 e. The normalized spacial score (nSPS) is 15.8. The van der Waals surface area contributed by atoms with Crippen molar-refractivity contribution < 1.29 is 13.2 Å². The molecule has 0 bridgehead atoms. The Morgan fingerprint density at radius 1 is 1.12 bits per heavy atom. The SMILES string of the molecule is CCCC(NC)(c1ccccc1)C(F)(F)F.